The zero-order valence-corrected chi connectivity index (χ0v) is 21.9. The van der Waals surface area contributed by atoms with Crippen LogP contribution >= 0.6 is 0 Å². The highest BCUT2D eigenvalue weighted by Gasteiger charge is 2.21. The molecule has 1 aromatic heterocycles. The van der Waals surface area contributed by atoms with Crippen molar-refractivity contribution in [2.75, 3.05) is 32.8 Å². The molecule has 0 radical (unpaired) electrons. The van der Waals surface area contributed by atoms with E-state index in [0.29, 0.717) is 36.2 Å². The molecule has 0 unspecified atom stereocenters. The number of likely N-dealkylation sites (tertiary alicyclic amines) is 1. The average molecular weight is 508 g/mol. The molecular weight excluding hydrogens is 470 g/mol. The number of hydrogen-bond acceptors (Lipinski definition) is 8. The van der Waals surface area contributed by atoms with Gasteiger partial charge in [0.15, 0.2) is 23.2 Å². The Hall–Kier alpha value is -3.52. The molecular formula is C29H37N3O5. The van der Waals surface area contributed by atoms with E-state index in [9.17, 15) is 5.11 Å². The minimum absolute atomic E-state index is 0.0311. The Morgan fingerprint density at radius 3 is 2.57 bits per heavy atom. The fraction of sp³-hybridized carbons (Fsp3) is 0.448. The van der Waals surface area contributed by atoms with Crippen molar-refractivity contribution in [2.24, 2.45) is 5.92 Å². The maximum Gasteiger partial charge on any atom is 0.256 e. The Labute approximate surface area is 218 Å². The van der Waals surface area contributed by atoms with Gasteiger partial charge in [0, 0.05) is 18.5 Å². The van der Waals surface area contributed by atoms with Gasteiger partial charge in [0.05, 0.1) is 18.6 Å². The molecule has 0 spiro atoms. The van der Waals surface area contributed by atoms with Crippen LogP contribution in [0.2, 0.25) is 0 Å². The third-order valence-corrected chi connectivity index (χ3v) is 6.70. The molecule has 1 saturated heterocycles. The summed E-state index contributed by atoms with van der Waals surface area (Å²) < 4.78 is 22.6. The number of furan rings is 1. The van der Waals surface area contributed by atoms with E-state index in [2.05, 4.69) is 11.0 Å². The fourth-order valence-electron chi connectivity index (χ4n) is 4.58. The van der Waals surface area contributed by atoms with Crippen LogP contribution in [0.1, 0.15) is 57.3 Å². The van der Waals surface area contributed by atoms with Crippen molar-refractivity contribution < 1.29 is 23.7 Å². The highest BCUT2D eigenvalue weighted by Crippen LogP contribution is 2.34. The summed E-state index contributed by atoms with van der Waals surface area (Å²) in [5.74, 6) is 1.97. The van der Waals surface area contributed by atoms with Crippen LogP contribution in [-0.2, 0) is 4.74 Å². The Morgan fingerprint density at radius 1 is 1.08 bits per heavy atom. The summed E-state index contributed by atoms with van der Waals surface area (Å²) in [6.07, 6.45) is 3.03. The van der Waals surface area contributed by atoms with Crippen molar-refractivity contribution >= 4 is 22.8 Å². The summed E-state index contributed by atoms with van der Waals surface area (Å²) in [6, 6.07) is 13.1. The zero-order chi connectivity index (χ0) is 26.4. The summed E-state index contributed by atoms with van der Waals surface area (Å²) >= 11 is 0. The number of benzene rings is 2. The average Bonchev–Trinajstić information content (AvgIpc) is 3.34. The number of phenolic OH excluding ortho intramolecular Hbond substituents is 1. The van der Waals surface area contributed by atoms with Gasteiger partial charge in [0.25, 0.3) is 5.90 Å². The van der Waals surface area contributed by atoms with Crippen LogP contribution in [0, 0.1) is 16.7 Å². The third kappa shape index (κ3) is 6.63. The minimum atomic E-state index is -0.176. The van der Waals surface area contributed by atoms with Crippen molar-refractivity contribution in [1.29, 1.82) is 10.8 Å². The van der Waals surface area contributed by atoms with Crippen LogP contribution in [0.25, 0.3) is 11.0 Å². The van der Waals surface area contributed by atoms with Crippen molar-refractivity contribution in [3.05, 3.63) is 53.8 Å². The number of phenols is 1. The van der Waals surface area contributed by atoms with E-state index in [1.54, 1.807) is 6.07 Å². The van der Waals surface area contributed by atoms with Gasteiger partial charge >= 0.3 is 0 Å². The molecule has 1 aliphatic heterocycles. The van der Waals surface area contributed by atoms with Crippen molar-refractivity contribution in [2.45, 2.75) is 46.0 Å². The molecule has 8 heteroatoms. The summed E-state index contributed by atoms with van der Waals surface area (Å²) in [5, 5.41) is 27.0. The summed E-state index contributed by atoms with van der Waals surface area (Å²) in [6.45, 7) is 9.72. The lowest BCUT2D eigenvalue weighted by molar-refractivity contribution is 0.193. The van der Waals surface area contributed by atoms with E-state index in [0.717, 1.165) is 44.3 Å². The predicted molar refractivity (Wildman–Crippen MR) is 144 cm³/mol. The highest BCUT2D eigenvalue weighted by molar-refractivity contribution is 6.01. The van der Waals surface area contributed by atoms with Gasteiger partial charge in [-0.2, -0.15) is 0 Å². The SMILES string of the molecule is CCOc1ccc(C2CCN(CCCOc3cccc4oc(C(=N)OC(=N)C(C)C)cc34)CC2)cc1O. The first kappa shape index (κ1) is 26.5. The lowest BCUT2D eigenvalue weighted by Gasteiger charge is -2.32. The van der Waals surface area contributed by atoms with Crippen LogP contribution in [0.3, 0.4) is 0 Å². The second kappa shape index (κ2) is 12.1. The molecule has 2 heterocycles. The van der Waals surface area contributed by atoms with Crippen LogP contribution in [0.4, 0.5) is 0 Å². The maximum atomic E-state index is 10.2. The smallest absolute Gasteiger partial charge is 0.256 e. The first-order valence-corrected chi connectivity index (χ1v) is 13.0. The topological polar surface area (TPSA) is 112 Å². The molecule has 0 aliphatic carbocycles. The molecule has 198 valence electrons. The second-order valence-electron chi connectivity index (χ2n) is 9.71. The molecule has 8 nitrogen and oxygen atoms in total. The number of hydrogen-bond donors (Lipinski definition) is 3. The van der Waals surface area contributed by atoms with Crippen LogP contribution in [-0.4, -0.2) is 54.6 Å². The minimum Gasteiger partial charge on any atom is -0.504 e. The molecule has 3 N–H and O–H groups in total. The summed E-state index contributed by atoms with van der Waals surface area (Å²) in [7, 11) is 0. The van der Waals surface area contributed by atoms with Gasteiger partial charge in [0.1, 0.15) is 11.3 Å². The molecule has 0 saturated carbocycles. The monoisotopic (exact) mass is 507 g/mol. The van der Waals surface area contributed by atoms with Crippen LogP contribution in [0.15, 0.2) is 46.9 Å². The number of rotatable bonds is 10. The molecule has 0 amide bonds. The number of fused-ring (bicyclic) bond motifs is 1. The predicted octanol–water partition coefficient (Wildman–Crippen LogP) is 6.16. The van der Waals surface area contributed by atoms with Crippen LogP contribution in [0.5, 0.6) is 17.2 Å². The molecule has 2 aromatic carbocycles. The van der Waals surface area contributed by atoms with Crippen LogP contribution < -0.4 is 9.47 Å². The number of aromatic hydroxyl groups is 1. The maximum absolute atomic E-state index is 10.2. The number of nitrogens with zero attached hydrogens (tertiary/aromatic N) is 1. The van der Waals surface area contributed by atoms with E-state index < -0.39 is 0 Å². The Morgan fingerprint density at radius 2 is 1.86 bits per heavy atom. The Bertz CT molecular complexity index is 1230. The van der Waals surface area contributed by atoms with E-state index >= 15 is 0 Å². The number of piperidine rings is 1. The standard InChI is InChI=1S/C29H37N3O5/c1-4-34-26-10-9-21(17-23(26)33)20-11-14-32(15-12-20)13-6-16-35-24-7-5-8-25-22(24)18-27(36-25)29(31)37-28(30)19(2)3/h5,7-10,17-20,30-31,33H,4,6,11-16H2,1-3H3. The molecule has 1 fully saturated rings. The molecule has 0 atom stereocenters. The van der Waals surface area contributed by atoms with Crippen molar-refractivity contribution in [3.8, 4) is 17.2 Å². The van der Waals surface area contributed by atoms with Gasteiger partial charge < -0.3 is 28.6 Å². The fourth-order valence-corrected chi connectivity index (χ4v) is 4.58. The first-order chi connectivity index (χ1) is 17.9. The molecule has 0 bridgehead atoms. The number of nitrogens with one attached hydrogen (secondary N) is 2. The molecule has 1 aliphatic rings. The van der Waals surface area contributed by atoms with E-state index in [4.69, 9.17) is 29.4 Å². The van der Waals surface area contributed by atoms with E-state index in [1.165, 1.54) is 5.56 Å². The van der Waals surface area contributed by atoms with Crippen molar-refractivity contribution in [1.82, 2.24) is 4.90 Å². The Balaban J connectivity index is 1.24. The van der Waals surface area contributed by atoms with Gasteiger partial charge in [-0.1, -0.05) is 26.0 Å². The molecule has 37 heavy (non-hydrogen) atoms. The van der Waals surface area contributed by atoms with Gasteiger partial charge in [-0.15, -0.1) is 0 Å². The second-order valence-corrected chi connectivity index (χ2v) is 9.71. The van der Waals surface area contributed by atoms with Crippen molar-refractivity contribution in [3.63, 3.8) is 0 Å². The number of ether oxygens (including phenoxy) is 3. The Kier molecular flexibility index (Phi) is 8.71. The lowest BCUT2D eigenvalue weighted by atomic mass is 9.89. The highest BCUT2D eigenvalue weighted by atomic mass is 16.5. The molecule has 4 rings (SSSR count). The van der Waals surface area contributed by atoms with E-state index in [-0.39, 0.29) is 29.2 Å². The lowest BCUT2D eigenvalue weighted by Crippen LogP contribution is -2.34. The van der Waals surface area contributed by atoms with Gasteiger partial charge in [-0.3, -0.25) is 10.8 Å². The van der Waals surface area contributed by atoms with Gasteiger partial charge in [-0.05, 0) is 75.0 Å². The third-order valence-electron chi connectivity index (χ3n) is 6.70. The molecule has 3 aromatic rings. The summed E-state index contributed by atoms with van der Waals surface area (Å²) in [5.41, 5.74) is 1.80. The van der Waals surface area contributed by atoms with Gasteiger partial charge in [-0.25, -0.2) is 0 Å². The van der Waals surface area contributed by atoms with Gasteiger partial charge in [0.2, 0.25) is 0 Å². The zero-order valence-electron chi connectivity index (χ0n) is 21.9. The quantitative estimate of drug-likeness (QED) is 0.172. The summed E-state index contributed by atoms with van der Waals surface area (Å²) in [4.78, 5) is 2.47. The first-order valence-electron chi connectivity index (χ1n) is 13.0. The van der Waals surface area contributed by atoms with E-state index in [1.807, 2.05) is 51.1 Å². The largest absolute Gasteiger partial charge is 0.504 e. The normalized spacial score (nSPS) is 14.7.